The summed E-state index contributed by atoms with van der Waals surface area (Å²) in [6.07, 6.45) is 1.26. The van der Waals surface area contributed by atoms with Crippen molar-refractivity contribution >= 4 is 11.6 Å². The van der Waals surface area contributed by atoms with Crippen LogP contribution >= 0.6 is 0 Å². The van der Waals surface area contributed by atoms with Crippen LogP contribution < -0.4 is 15.2 Å². The Kier molecular flexibility index (Phi) is 3.25. The summed E-state index contributed by atoms with van der Waals surface area (Å²) in [6, 6.07) is 10.8. The van der Waals surface area contributed by atoms with E-state index in [-0.39, 0.29) is 18.8 Å². The molecule has 1 aromatic carbocycles. The molecule has 2 heterocycles. The summed E-state index contributed by atoms with van der Waals surface area (Å²) >= 11 is 0. The van der Waals surface area contributed by atoms with Gasteiger partial charge in [-0.25, -0.2) is 4.98 Å². The Bertz CT molecular complexity index is 643. The highest BCUT2D eigenvalue weighted by Gasteiger charge is 2.26. The number of ketones is 1. The minimum absolute atomic E-state index is 0.0369. The third-order valence-electron chi connectivity index (χ3n) is 3.09. The minimum Gasteiger partial charge on any atom is -0.485 e. The third-order valence-corrected chi connectivity index (χ3v) is 3.09. The topological polar surface area (TPSA) is 74.4 Å². The minimum atomic E-state index is -0.584. The van der Waals surface area contributed by atoms with Gasteiger partial charge in [-0.15, -0.1) is 0 Å². The summed E-state index contributed by atoms with van der Waals surface area (Å²) in [5, 5.41) is 0. The Morgan fingerprint density at radius 2 is 2.10 bits per heavy atom. The molecule has 0 spiro atoms. The number of rotatable bonds is 3. The number of ether oxygens (including phenoxy) is 2. The van der Waals surface area contributed by atoms with E-state index in [4.69, 9.17) is 15.2 Å². The molecule has 1 aliphatic heterocycles. The van der Waals surface area contributed by atoms with Gasteiger partial charge in [-0.1, -0.05) is 12.1 Å². The number of hydrogen-bond acceptors (Lipinski definition) is 5. The molecule has 0 bridgehead atoms. The number of hydrogen-bond donors (Lipinski definition) is 1. The van der Waals surface area contributed by atoms with Crippen LogP contribution in [0.15, 0.2) is 42.6 Å². The lowest BCUT2D eigenvalue weighted by Crippen LogP contribution is -2.37. The molecule has 2 aromatic rings. The van der Waals surface area contributed by atoms with E-state index in [9.17, 15) is 4.79 Å². The number of pyridine rings is 1. The molecular formula is C15H14N2O3. The number of nitrogens with zero attached hydrogens (tertiary/aromatic N) is 1. The Labute approximate surface area is 116 Å². The van der Waals surface area contributed by atoms with Crippen LogP contribution in [0.4, 0.5) is 5.82 Å². The second-order valence-electron chi connectivity index (χ2n) is 4.60. The van der Waals surface area contributed by atoms with Crippen LogP contribution in [0.2, 0.25) is 0 Å². The smallest absolute Gasteiger partial charge is 0.191 e. The number of Topliss-reactive ketones (excluding diaryl/α,β-unsaturated/α-hetero) is 1. The largest absolute Gasteiger partial charge is 0.485 e. The Morgan fingerprint density at radius 1 is 1.30 bits per heavy atom. The van der Waals surface area contributed by atoms with Crippen molar-refractivity contribution in [1.29, 1.82) is 0 Å². The van der Waals surface area contributed by atoms with Crippen LogP contribution in [0.3, 0.4) is 0 Å². The summed E-state index contributed by atoms with van der Waals surface area (Å²) in [4.78, 5) is 16.1. The molecule has 0 radical (unpaired) electrons. The molecule has 2 N–H and O–H groups in total. The number of para-hydroxylation sites is 2. The van der Waals surface area contributed by atoms with Crippen molar-refractivity contribution < 1.29 is 14.3 Å². The van der Waals surface area contributed by atoms with E-state index in [0.29, 0.717) is 17.3 Å². The number of carbonyl (C=O) groups is 1. The number of nitrogen functional groups attached to an aromatic ring is 1. The van der Waals surface area contributed by atoms with Gasteiger partial charge in [0.25, 0.3) is 0 Å². The molecule has 1 atom stereocenters. The molecule has 0 aliphatic carbocycles. The zero-order valence-electron chi connectivity index (χ0n) is 10.8. The van der Waals surface area contributed by atoms with Crippen LogP contribution in [0.1, 0.15) is 5.56 Å². The second-order valence-corrected chi connectivity index (χ2v) is 4.60. The van der Waals surface area contributed by atoms with Crippen LogP contribution in [-0.4, -0.2) is 23.5 Å². The first-order chi connectivity index (χ1) is 9.72. The molecule has 1 unspecified atom stereocenters. The number of benzene rings is 1. The zero-order valence-corrected chi connectivity index (χ0v) is 10.8. The van der Waals surface area contributed by atoms with E-state index in [1.807, 2.05) is 18.2 Å². The van der Waals surface area contributed by atoms with Crippen molar-refractivity contribution in [2.75, 3.05) is 12.3 Å². The summed E-state index contributed by atoms with van der Waals surface area (Å²) in [7, 11) is 0. The van der Waals surface area contributed by atoms with Crippen molar-refractivity contribution in [2.24, 2.45) is 0 Å². The number of anilines is 1. The first-order valence-corrected chi connectivity index (χ1v) is 6.34. The number of aromatic nitrogens is 1. The average molecular weight is 270 g/mol. The average Bonchev–Trinajstić information content (AvgIpc) is 2.47. The molecule has 20 heavy (non-hydrogen) atoms. The van der Waals surface area contributed by atoms with Crippen LogP contribution in [0.5, 0.6) is 11.5 Å². The van der Waals surface area contributed by atoms with Crippen LogP contribution in [-0.2, 0) is 11.2 Å². The van der Waals surface area contributed by atoms with E-state index in [0.717, 1.165) is 5.56 Å². The highest BCUT2D eigenvalue weighted by atomic mass is 16.6. The zero-order chi connectivity index (χ0) is 13.9. The Morgan fingerprint density at radius 3 is 2.90 bits per heavy atom. The summed E-state index contributed by atoms with van der Waals surface area (Å²) in [5.74, 6) is 1.64. The van der Waals surface area contributed by atoms with E-state index < -0.39 is 6.10 Å². The second kappa shape index (κ2) is 5.21. The van der Waals surface area contributed by atoms with Crippen molar-refractivity contribution in [3.63, 3.8) is 0 Å². The van der Waals surface area contributed by atoms with Crippen LogP contribution in [0.25, 0.3) is 0 Å². The summed E-state index contributed by atoms with van der Waals surface area (Å²) < 4.78 is 11.2. The van der Waals surface area contributed by atoms with E-state index in [1.165, 1.54) is 0 Å². The van der Waals surface area contributed by atoms with Gasteiger partial charge in [0.2, 0.25) is 0 Å². The van der Waals surface area contributed by atoms with Gasteiger partial charge in [0.15, 0.2) is 23.4 Å². The lowest BCUT2D eigenvalue weighted by atomic mass is 10.1. The molecule has 5 heteroatoms. The molecule has 0 saturated carbocycles. The summed E-state index contributed by atoms with van der Waals surface area (Å²) in [6.45, 7) is 0.233. The standard InChI is InChI=1S/C15H14N2O3/c16-15-8-10(5-6-17-15)7-11(18)14-9-19-12-3-1-2-4-13(12)20-14/h1-6,8,14H,7,9H2,(H2,16,17). The molecule has 0 saturated heterocycles. The fraction of sp³-hybridized carbons (Fsp3) is 0.200. The molecule has 102 valence electrons. The fourth-order valence-corrected chi connectivity index (χ4v) is 2.10. The first kappa shape index (κ1) is 12.5. The maximum Gasteiger partial charge on any atom is 0.191 e. The van der Waals surface area contributed by atoms with Crippen molar-refractivity contribution in [3.05, 3.63) is 48.2 Å². The molecule has 1 aliphatic rings. The molecule has 1 aromatic heterocycles. The van der Waals surface area contributed by atoms with E-state index >= 15 is 0 Å². The van der Waals surface area contributed by atoms with Crippen molar-refractivity contribution in [3.8, 4) is 11.5 Å². The molecular weight excluding hydrogens is 256 g/mol. The lowest BCUT2D eigenvalue weighted by molar-refractivity contribution is -0.127. The maximum atomic E-state index is 12.2. The van der Waals surface area contributed by atoms with Crippen LogP contribution in [0, 0.1) is 0 Å². The van der Waals surface area contributed by atoms with Gasteiger partial charge >= 0.3 is 0 Å². The number of nitrogens with two attached hydrogens (primary N) is 1. The van der Waals surface area contributed by atoms with Gasteiger partial charge in [-0.3, -0.25) is 4.79 Å². The highest BCUT2D eigenvalue weighted by molar-refractivity contribution is 5.86. The Hall–Kier alpha value is -2.56. The molecule has 0 fully saturated rings. The lowest BCUT2D eigenvalue weighted by Gasteiger charge is -2.25. The molecule has 5 nitrogen and oxygen atoms in total. The first-order valence-electron chi connectivity index (χ1n) is 6.34. The highest BCUT2D eigenvalue weighted by Crippen LogP contribution is 2.31. The van der Waals surface area contributed by atoms with Crippen molar-refractivity contribution in [1.82, 2.24) is 4.98 Å². The predicted octanol–water partition coefficient (Wildman–Crippen LogP) is 1.62. The molecule has 0 amide bonds. The van der Waals surface area contributed by atoms with Gasteiger partial charge in [-0.05, 0) is 29.8 Å². The molecule has 3 rings (SSSR count). The fourth-order valence-electron chi connectivity index (χ4n) is 2.10. The number of fused-ring (bicyclic) bond motifs is 1. The summed E-state index contributed by atoms with van der Waals surface area (Å²) in [5.41, 5.74) is 6.42. The van der Waals surface area contributed by atoms with Gasteiger partial charge in [0, 0.05) is 12.6 Å². The Balaban J connectivity index is 1.70. The van der Waals surface area contributed by atoms with Crippen molar-refractivity contribution in [2.45, 2.75) is 12.5 Å². The quantitative estimate of drug-likeness (QED) is 0.917. The van der Waals surface area contributed by atoms with Gasteiger partial charge in [0.05, 0.1) is 0 Å². The third kappa shape index (κ3) is 2.56. The van der Waals surface area contributed by atoms with Gasteiger partial charge in [-0.2, -0.15) is 0 Å². The van der Waals surface area contributed by atoms with E-state index in [1.54, 1.807) is 24.4 Å². The normalized spacial score (nSPS) is 16.7. The van der Waals surface area contributed by atoms with Gasteiger partial charge in [0.1, 0.15) is 12.4 Å². The monoisotopic (exact) mass is 270 g/mol. The van der Waals surface area contributed by atoms with Gasteiger partial charge < -0.3 is 15.2 Å². The van der Waals surface area contributed by atoms with E-state index in [2.05, 4.69) is 4.98 Å². The SMILES string of the molecule is Nc1cc(CC(=O)C2COc3ccccc3O2)ccn1. The maximum absolute atomic E-state index is 12.2. The predicted molar refractivity (Wildman–Crippen MR) is 73.7 cm³/mol. The number of carbonyl (C=O) groups excluding carboxylic acids is 1.